The monoisotopic (exact) mass is 374 g/mol. The second kappa shape index (κ2) is 8.37. The number of carbonyl (C=O) groups is 2. The Morgan fingerprint density at radius 2 is 1.70 bits per heavy atom. The quantitative estimate of drug-likeness (QED) is 0.817. The molecule has 7 nitrogen and oxygen atoms in total. The lowest BCUT2D eigenvalue weighted by Gasteiger charge is -2.40. The van der Waals surface area contributed by atoms with Gasteiger partial charge in [-0.25, -0.2) is 0 Å². The largest absolute Gasteiger partial charge is 0.381 e. The third kappa shape index (κ3) is 4.66. The van der Waals surface area contributed by atoms with Gasteiger partial charge >= 0.3 is 0 Å². The van der Waals surface area contributed by atoms with Gasteiger partial charge in [0, 0.05) is 45.1 Å². The van der Waals surface area contributed by atoms with Crippen molar-refractivity contribution in [3.05, 3.63) is 29.3 Å². The molecular formula is C20H30N4O3. The maximum Gasteiger partial charge on any atom is 0.242 e. The van der Waals surface area contributed by atoms with Crippen molar-refractivity contribution in [1.29, 1.82) is 0 Å². The van der Waals surface area contributed by atoms with Crippen LogP contribution in [0.1, 0.15) is 24.0 Å². The number of hydrogen-bond donors (Lipinski definition) is 2. The van der Waals surface area contributed by atoms with Crippen molar-refractivity contribution in [2.75, 3.05) is 51.3 Å². The lowest BCUT2D eigenvalue weighted by Crippen LogP contribution is -2.61. The van der Waals surface area contributed by atoms with Crippen molar-refractivity contribution in [3.8, 4) is 0 Å². The molecule has 2 heterocycles. The van der Waals surface area contributed by atoms with Crippen LogP contribution < -0.4 is 11.1 Å². The number of nitrogens with one attached hydrogen (secondary N) is 1. The second-order valence-corrected chi connectivity index (χ2v) is 7.65. The average molecular weight is 374 g/mol. The fraction of sp³-hybridized carbons (Fsp3) is 0.600. The summed E-state index contributed by atoms with van der Waals surface area (Å²) < 4.78 is 5.33. The molecule has 148 valence electrons. The van der Waals surface area contributed by atoms with Crippen molar-refractivity contribution in [1.82, 2.24) is 9.80 Å². The van der Waals surface area contributed by atoms with Crippen molar-refractivity contribution >= 4 is 17.5 Å². The molecule has 3 N–H and O–H groups in total. The number of nitrogens with two attached hydrogens (primary N) is 1. The first-order valence-electron chi connectivity index (χ1n) is 9.63. The summed E-state index contributed by atoms with van der Waals surface area (Å²) in [5.41, 5.74) is 8.53. The number of anilines is 1. The van der Waals surface area contributed by atoms with E-state index in [1.54, 1.807) is 0 Å². The van der Waals surface area contributed by atoms with Crippen LogP contribution in [0.3, 0.4) is 0 Å². The van der Waals surface area contributed by atoms with E-state index in [0.717, 1.165) is 16.8 Å². The number of hydrogen-bond acceptors (Lipinski definition) is 5. The number of amides is 2. The number of piperazine rings is 1. The zero-order valence-electron chi connectivity index (χ0n) is 16.3. The van der Waals surface area contributed by atoms with Crippen LogP contribution in [-0.2, 0) is 14.3 Å². The van der Waals surface area contributed by atoms with Gasteiger partial charge in [0.1, 0.15) is 0 Å². The number of rotatable bonds is 4. The van der Waals surface area contributed by atoms with Crippen LogP contribution in [0.5, 0.6) is 0 Å². The van der Waals surface area contributed by atoms with Gasteiger partial charge in [-0.15, -0.1) is 0 Å². The molecule has 0 saturated carbocycles. The first-order valence-corrected chi connectivity index (χ1v) is 9.63. The molecule has 2 aliphatic rings. The second-order valence-electron chi connectivity index (χ2n) is 7.65. The Balaban J connectivity index is 1.49. The predicted molar refractivity (Wildman–Crippen MR) is 105 cm³/mol. The summed E-state index contributed by atoms with van der Waals surface area (Å²) in [5.74, 6) is -0.00247. The predicted octanol–water partition coefficient (Wildman–Crippen LogP) is 0.894. The molecule has 2 aliphatic heterocycles. The zero-order valence-corrected chi connectivity index (χ0v) is 16.3. The van der Waals surface area contributed by atoms with Gasteiger partial charge in [-0.05, 0) is 37.8 Å². The van der Waals surface area contributed by atoms with E-state index in [9.17, 15) is 9.59 Å². The highest BCUT2D eigenvalue weighted by Crippen LogP contribution is 2.22. The van der Waals surface area contributed by atoms with E-state index in [4.69, 9.17) is 10.5 Å². The minimum absolute atomic E-state index is 0.0189. The van der Waals surface area contributed by atoms with Gasteiger partial charge in [0.2, 0.25) is 11.8 Å². The highest BCUT2D eigenvalue weighted by Gasteiger charge is 2.39. The Hall–Kier alpha value is -1.96. The molecule has 2 amide bonds. The third-order valence-electron chi connectivity index (χ3n) is 5.58. The topological polar surface area (TPSA) is 87.9 Å². The molecule has 2 saturated heterocycles. The lowest BCUT2D eigenvalue weighted by atomic mass is 9.89. The fourth-order valence-corrected chi connectivity index (χ4v) is 3.77. The molecule has 1 aromatic carbocycles. The number of carbonyl (C=O) groups excluding carboxylic acids is 2. The van der Waals surface area contributed by atoms with Crippen LogP contribution in [0.4, 0.5) is 5.69 Å². The van der Waals surface area contributed by atoms with Crippen LogP contribution in [0.15, 0.2) is 18.2 Å². The van der Waals surface area contributed by atoms with Crippen LogP contribution in [0.2, 0.25) is 0 Å². The van der Waals surface area contributed by atoms with E-state index < -0.39 is 5.54 Å². The normalized spacial score (nSPS) is 20.3. The SMILES string of the molecule is Cc1cccc(C)c1NC(=O)CN1CCN(C(=O)C2(N)CCOCC2)CC1. The highest BCUT2D eigenvalue weighted by molar-refractivity contribution is 5.93. The Morgan fingerprint density at radius 1 is 1.11 bits per heavy atom. The van der Waals surface area contributed by atoms with Crippen LogP contribution in [0.25, 0.3) is 0 Å². The molecule has 0 aromatic heterocycles. The van der Waals surface area contributed by atoms with E-state index in [2.05, 4.69) is 10.2 Å². The van der Waals surface area contributed by atoms with Gasteiger partial charge in [0.15, 0.2) is 0 Å². The number of benzene rings is 1. The molecule has 3 rings (SSSR count). The molecule has 0 bridgehead atoms. The number of para-hydroxylation sites is 1. The molecule has 0 radical (unpaired) electrons. The lowest BCUT2D eigenvalue weighted by molar-refractivity contribution is -0.142. The average Bonchev–Trinajstić information content (AvgIpc) is 2.65. The molecule has 0 unspecified atom stereocenters. The summed E-state index contributed by atoms with van der Waals surface area (Å²) in [6, 6.07) is 5.97. The van der Waals surface area contributed by atoms with E-state index in [-0.39, 0.29) is 11.8 Å². The third-order valence-corrected chi connectivity index (χ3v) is 5.58. The summed E-state index contributed by atoms with van der Waals surface area (Å²) in [6.45, 7) is 7.97. The number of nitrogens with zero attached hydrogens (tertiary/aromatic N) is 2. The van der Waals surface area contributed by atoms with E-state index in [0.29, 0.717) is 58.8 Å². The van der Waals surface area contributed by atoms with Gasteiger partial charge < -0.3 is 20.7 Å². The van der Waals surface area contributed by atoms with Gasteiger partial charge in [-0.3, -0.25) is 14.5 Å². The zero-order chi connectivity index (χ0) is 19.4. The summed E-state index contributed by atoms with van der Waals surface area (Å²) >= 11 is 0. The first kappa shape index (κ1) is 19.8. The van der Waals surface area contributed by atoms with Crippen LogP contribution in [-0.4, -0.2) is 73.1 Å². The Bertz CT molecular complexity index is 672. The number of ether oxygens (including phenoxy) is 1. The molecule has 0 atom stereocenters. The molecule has 0 spiro atoms. The van der Waals surface area contributed by atoms with Gasteiger partial charge in [-0.1, -0.05) is 18.2 Å². The molecule has 2 fully saturated rings. The maximum absolute atomic E-state index is 12.8. The molecular weight excluding hydrogens is 344 g/mol. The van der Waals surface area contributed by atoms with E-state index >= 15 is 0 Å². The Kier molecular flexibility index (Phi) is 6.14. The standard InChI is InChI=1S/C20H30N4O3/c1-15-4-3-5-16(2)18(15)22-17(25)14-23-8-10-24(11-9-23)19(26)20(21)6-12-27-13-7-20/h3-5H,6-14,21H2,1-2H3,(H,22,25). The summed E-state index contributed by atoms with van der Waals surface area (Å²) in [4.78, 5) is 29.1. The Labute approximate surface area is 160 Å². The fourth-order valence-electron chi connectivity index (χ4n) is 3.77. The first-order chi connectivity index (χ1) is 12.9. The molecule has 7 heteroatoms. The van der Waals surface area contributed by atoms with Gasteiger partial charge in [0.25, 0.3) is 0 Å². The van der Waals surface area contributed by atoms with E-state index in [1.807, 2.05) is 36.9 Å². The molecule has 0 aliphatic carbocycles. The maximum atomic E-state index is 12.8. The van der Waals surface area contributed by atoms with Crippen molar-refractivity contribution in [3.63, 3.8) is 0 Å². The molecule has 1 aromatic rings. The summed E-state index contributed by atoms with van der Waals surface area (Å²) in [5, 5.41) is 3.02. The minimum atomic E-state index is -0.792. The van der Waals surface area contributed by atoms with Crippen molar-refractivity contribution in [2.45, 2.75) is 32.2 Å². The highest BCUT2D eigenvalue weighted by atomic mass is 16.5. The number of aryl methyl sites for hydroxylation is 2. The minimum Gasteiger partial charge on any atom is -0.381 e. The summed E-state index contributed by atoms with van der Waals surface area (Å²) in [6.07, 6.45) is 1.15. The van der Waals surface area contributed by atoms with Crippen molar-refractivity contribution < 1.29 is 14.3 Å². The van der Waals surface area contributed by atoms with E-state index in [1.165, 1.54) is 0 Å². The van der Waals surface area contributed by atoms with Crippen LogP contribution >= 0.6 is 0 Å². The molecule has 27 heavy (non-hydrogen) atoms. The van der Waals surface area contributed by atoms with Gasteiger partial charge in [-0.2, -0.15) is 0 Å². The summed E-state index contributed by atoms with van der Waals surface area (Å²) in [7, 11) is 0. The smallest absolute Gasteiger partial charge is 0.242 e. The van der Waals surface area contributed by atoms with Crippen molar-refractivity contribution in [2.24, 2.45) is 5.73 Å². The van der Waals surface area contributed by atoms with Crippen LogP contribution in [0, 0.1) is 13.8 Å². The Morgan fingerprint density at radius 3 is 2.30 bits per heavy atom. The van der Waals surface area contributed by atoms with Gasteiger partial charge in [0.05, 0.1) is 12.1 Å².